The van der Waals surface area contributed by atoms with Crippen molar-refractivity contribution in [3.05, 3.63) is 0 Å². The van der Waals surface area contributed by atoms with Crippen LogP contribution in [-0.2, 0) is 9.59 Å². The number of rotatable bonds is 7. The molecule has 86 valence electrons. The zero-order valence-electron chi connectivity index (χ0n) is 7.97. The summed E-state index contributed by atoms with van der Waals surface area (Å²) < 4.78 is 2.60. The minimum absolute atomic E-state index is 0.0278. The average molecular weight is 235 g/mol. The Morgan fingerprint density at radius 1 is 1.27 bits per heavy atom. The summed E-state index contributed by atoms with van der Waals surface area (Å²) >= 11 is 1.11. The number of nitrogens with two attached hydrogens (primary N) is 1. The van der Waals surface area contributed by atoms with Gasteiger partial charge in [0.05, 0.1) is 19.4 Å². The number of carboxylic acids is 2. The third-order valence-electron chi connectivity index (χ3n) is 1.20. The van der Waals surface area contributed by atoms with Crippen molar-refractivity contribution in [2.45, 2.75) is 12.8 Å². The first-order valence-electron chi connectivity index (χ1n) is 4.13. The van der Waals surface area contributed by atoms with E-state index in [-0.39, 0.29) is 25.3 Å². The molecule has 0 amide bonds. The van der Waals surface area contributed by atoms with Crippen LogP contribution in [0, 0.1) is 0 Å². The molecule has 0 aromatic heterocycles. The highest BCUT2D eigenvalue weighted by atomic mass is 32.2. The first-order chi connectivity index (χ1) is 7.02. The van der Waals surface area contributed by atoms with Crippen molar-refractivity contribution in [3.8, 4) is 0 Å². The molecule has 0 unspecified atom stereocenters. The van der Waals surface area contributed by atoms with E-state index in [1.54, 1.807) is 0 Å². The van der Waals surface area contributed by atoms with E-state index >= 15 is 0 Å². The van der Waals surface area contributed by atoms with Crippen LogP contribution in [0.15, 0.2) is 4.99 Å². The van der Waals surface area contributed by atoms with Crippen molar-refractivity contribution in [2.75, 3.05) is 12.3 Å². The first-order valence-corrected chi connectivity index (χ1v) is 5.12. The summed E-state index contributed by atoms with van der Waals surface area (Å²) in [6, 6.07) is 0. The highest BCUT2D eigenvalue weighted by Crippen LogP contribution is 1.95. The van der Waals surface area contributed by atoms with E-state index in [4.69, 9.17) is 15.9 Å². The van der Waals surface area contributed by atoms with E-state index in [9.17, 15) is 9.59 Å². The van der Waals surface area contributed by atoms with Crippen molar-refractivity contribution >= 4 is 29.8 Å². The topological polar surface area (TPSA) is 125 Å². The van der Waals surface area contributed by atoms with Crippen LogP contribution < -0.4 is 10.5 Å². The van der Waals surface area contributed by atoms with Crippen LogP contribution in [0.4, 0.5) is 0 Å². The molecule has 0 rings (SSSR count). The number of guanidine groups is 1. The second-order valence-electron chi connectivity index (χ2n) is 2.50. The van der Waals surface area contributed by atoms with E-state index in [0.717, 1.165) is 11.9 Å². The molecule has 0 aliphatic rings. The zero-order chi connectivity index (χ0) is 11.7. The predicted octanol–water partition coefficient (Wildman–Crippen LogP) is -0.512. The predicted molar refractivity (Wildman–Crippen MR) is 56.6 cm³/mol. The fourth-order valence-electron chi connectivity index (χ4n) is 0.568. The van der Waals surface area contributed by atoms with Gasteiger partial charge in [-0.05, 0) is 11.9 Å². The van der Waals surface area contributed by atoms with Gasteiger partial charge in [-0.15, -0.1) is 0 Å². The van der Waals surface area contributed by atoms with Crippen molar-refractivity contribution < 1.29 is 19.8 Å². The number of nitrogens with one attached hydrogen (secondary N) is 1. The Kier molecular flexibility index (Phi) is 7.16. The number of carbonyl (C=O) groups is 2. The molecule has 0 saturated heterocycles. The van der Waals surface area contributed by atoms with Crippen molar-refractivity contribution in [1.82, 2.24) is 4.72 Å². The standard InChI is InChI=1S/C7H13N3O4S/c8-7(9-3-1-5(11)12)10-15-4-2-6(13)14/h1-4H2,(H,11,12)(H,13,14)(H3,8,9,10). The van der Waals surface area contributed by atoms with Crippen LogP contribution in [0.2, 0.25) is 0 Å². The first kappa shape index (κ1) is 13.6. The second kappa shape index (κ2) is 7.92. The highest BCUT2D eigenvalue weighted by Gasteiger charge is 1.98. The van der Waals surface area contributed by atoms with Gasteiger partial charge in [0.15, 0.2) is 5.96 Å². The zero-order valence-corrected chi connectivity index (χ0v) is 8.79. The third-order valence-corrected chi connectivity index (χ3v) is 1.96. The lowest BCUT2D eigenvalue weighted by atomic mass is 10.4. The van der Waals surface area contributed by atoms with Gasteiger partial charge in [0, 0.05) is 5.75 Å². The molecule has 7 nitrogen and oxygen atoms in total. The van der Waals surface area contributed by atoms with Crippen LogP contribution in [0.5, 0.6) is 0 Å². The van der Waals surface area contributed by atoms with Crippen LogP contribution in [0.25, 0.3) is 0 Å². The summed E-state index contributed by atoms with van der Waals surface area (Å²) in [5.41, 5.74) is 5.35. The molecule has 0 fully saturated rings. The molecule has 0 saturated carbocycles. The summed E-state index contributed by atoms with van der Waals surface area (Å²) in [6.07, 6.45) is -0.0533. The van der Waals surface area contributed by atoms with Gasteiger partial charge in [-0.3, -0.25) is 14.6 Å². The van der Waals surface area contributed by atoms with Crippen LogP contribution in [-0.4, -0.2) is 40.4 Å². The molecule has 0 aliphatic heterocycles. The molecular weight excluding hydrogens is 222 g/mol. The number of hydrogen-bond acceptors (Lipinski definition) is 4. The maximum absolute atomic E-state index is 10.1. The van der Waals surface area contributed by atoms with Gasteiger partial charge in [0.1, 0.15) is 0 Å². The van der Waals surface area contributed by atoms with Crippen LogP contribution in [0.3, 0.4) is 0 Å². The summed E-state index contributed by atoms with van der Waals surface area (Å²) in [7, 11) is 0. The van der Waals surface area contributed by atoms with E-state index in [2.05, 4.69) is 9.71 Å². The Hall–Kier alpha value is -1.44. The molecular formula is C7H13N3O4S. The number of nitrogens with zero attached hydrogens (tertiary/aromatic N) is 1. The molecule has 0 spiro atoms. The Morgan fingerprint density at radius 3 is 2.40 bits per heavy atom. The molecule has 0 atom stereocenters. The average Bonchev–Trinajstić information content (AvgIpc) is 2.11. The lowest BCUT2D eigenvalue weighted by Gasteiger charge is -2.02. The molecule has 5 N–H and O–H groups in total. The van der Waals surface area contributed by atoms with E-state index in [1.165, 1.54) is 0 Å². The quantitative estimate of drug-likeness (QED) is 0.202. The van der Waals surface area contributed by atoms with Crippen molar-refractivity contribution in [1.29, 1.82) is 0 Å². The van der Waals surface area contributed by atoms with Gasteiger partial charge in [-0.1, -0.05) is 0 Å². The Bertz CT molecular complexity index is 257. The fourth-order valence-corrected chi connectivity index (χ4v) is 1.16. The molecule has 0 heterocycles. The summed E-state index contributed by atoms with van der Waals surface area (Å²) in [5, 5.41) is 16.6. The van der Waals surface area contributed by atoms with E-state index in [1.807, 2.05) is 0 Å². The molecule has 0 aromatic rings. The van der Waals surface area contributed by atoms with Gasteiger partial charge < -0.3 is 20.7 Å². The smallest absolute Gasteiger partial charge is 0.305 e. The fraction of sp³-hybridized carbons (Fsp3) is 0.571. The normalized spacial score (nSPS) is 11.1. The Morgan fingerprint density at radius 2 is 1.87 bits per heavy atom. The maximum atomic E-state index is 10.1. The monoisotopic (exact) mass is 235 g/mol. The van der Waals surface area contributed by atoms with Gasteiger partial charge in [-0.2, -0.15) is 0 Å². The maximum Gasteiger partial charge on any atom is 0.305 e. The molecule has 15 heavy (non-hydrogen) atoms. The number of carboxylic acid groups (broad SMARTS) is 2. The molecule has 0 bridgehead atoms. The number of aliphatic imine (C=N–C) groups is 1. The molecule has 0 radical (unpaired) electrons. The second-order valence-corrected chi connectivity index (χ2v) is 3.41. The minimum Gasteiger partial charge on any atom is -0.481 e. The van der Waals surface area contributed by atoms with Crippen molar-refractivity contribution in [3.63, 3.8) is 0 Å². The minimum atomic E-state index is -0.940. The molecule has 0 aromatic carbocycles. The Balaban J connectivity index is 3.50. The highest BCUT2D eigenvalue weighted by molar-refractivity contribution is 7.97. The van der Waals surface area contributed by atoms with Gasteiger partial charge in [-0.25, -0.2) is 0 Å². The van der Waals surface area contributed by atoms with Crippen LogP contribution in [0.1, 0.15) is 12.8 Å². The van der Waals surface area contributed by atoms with Crippen LogP contribution >= 0.6 is 11.9 Å². The number of hydrogen-bond donors (Lipinski definition) is 4. The molecule has 0 aliphatic carbocycles. The summed E-state index contributed by atoms with van der Waals surface area (Å²) in [4.78, 5) is 24.0. The van der Waals surface area contributed by atoms with Crippen molar-refractivity contribution in [2.24, 2.45) is 10.7 Å². The van der Waals surface area contributed by atoms with Gasteiger partial charge >= 0.3 is 11.9 Å². The Labute approximate surface area is 90.9 Å². The number of aliphatic carboxylic acids is 2. The van der Waals surface area contributed by atoms with E-state index in [0.29, 0.717) is 5.75 Å². The lowest BCUT2D eigenvalue weighted by Crippen LogP contribution is -2.27. The molecule has 8 heteroatoms. The third kappa shape index (κ3) is 10.5. The summed E-state index contributed by atoms with van der Waals surface area (Å²) in [5.74, 6) is -1.35. The largest absolute Gasteiger partial charge is 0.481 e. The van der Waals surface area contributed by atoms with Gasteiger partial charge in [0.25, 0.3) is 0 Å². The van der Waals surface area contributed by atoms with Gasteiger partial charge in [0.2, 0.25) is 0 Å². The van der Waals surface area contributed by atoms with E-state index < -0.39 is 11.9 Å². The lowest BCUT2D eigenvalue weighted by molar-refractivity contribution is -0.137. The summed E-state index contributed by atoms with van der Waals surface area (Å²) in [6.45, 7) is 0.105. The SMILES string of the molecule is NC(=NCCC(=O)O)NSCCC(=O)O.